The molecule has 1 aromatic heterocycles. The first kappa shape index (κ1) is 19.1. The fraction of sp³-hybridized carbons (Fsp3) is 0.476. The Morgan fingerprint density at radius 3 is 2.75 bits per heavy atom. The van der Waals surface area contributed by atoms with Crippen LogP contribution in [0.2, 0.25) is 0 Å². The molecular weight excluding hydrogens is 372 g/mol. The van der Waals surface area contributed by atoms with Crippen LogP contribution in [-0.4, -0.2) is 42.7 Å². The largest absolute Gasteiger partial charge is 0.317 e. The summed E-state index contributed by atoms with van der Waals surface area (Å²) in [5.74, 6) is 0.570. The highest BCUT2D eigenvalue weighted by Crippen LogP contribution is 2.47. The predicted octanol–water partition coefficient (Wildman–Crippen LogP) is 3.74. The van der Waals surface area contributed by atoms with Crippen LogP contribution in [0.1, 0.15) is 45.2 Å². The number of aryl methyl sites for hydroxylation is 1. The molecule has 0 radical (unpaired) electrons. The number of benzene rings is 1. The Labute approximate surface area is 169 Å². The highest BCUT2D eigenvalue weighted by atomic mass is 32.2. The number of nitrogens with one attached hydrogen (secondary N) is 1. The second-order valence-electron chi connectivity index (χ2n) is 8.03. The predicted molar refractivity (Wildman–Crippen MR) is 111 cm³/mol. The van der Waals surface area contributed by atoms with Crippen LogP contribution in [0.15, 0.2) is 36.4 Å². The molecule has 2 fully saturated rings. The zero-order valence-electron chi connectivity index (χ0n) is 16.5. The van der Waals surface area contributed by atoms with Gasteiger partial charge in [0.1, 0.15) is 11.9 Å². The summed E-state index contributed by atoms with van der Waals surface area (Å²) in [4.78, 5) is 28.0. The van der Waals surface area contributed by atoms with Gasteiger partial charge in [0.2, 0.25) is 11.8 Å². The molecule has 2 aliphatic rings. The summed E-state index contributed by atoms with van der Waals surface area (Å²) < 4.78 is 1.40. The van der Waals surface area contributed by atoms with Crippen molar-refractivity contribution in [3.05, 3.63) is 42.1 Å². The van der Waals surface area contributed by atoms with Gasteiger partial charge in [0.15, 0.2) is 0 Å². The maximum atomic E-state index is 13.4. The minimum absolute atomic E-state index is 0.0847. The van der Waals surface area contributed by atoms with E-state index in [4.69, 9.17) is 0 Å². The Hall–Kier alpha value is -2.28. The van der Waals surface area contributed by atoms with Crippen LogP contribution < -0.4 is 5.32 Å². The third-order valence-electron chi connectivity index (χ3n) is 5.40. The van der Waals surface area contributed by atoms with Crippen molar-refractivity contribution in [3.63, 3.8) is 0 Å². The lowest BCUT2D eigenvalue weighted by atomic mass is 10.00. The van der Waals surface area contributed by atoms with Crippen LogP contribution in [0, 0.1) is 6.92 Å². The SMILES string of the molecule is Cc1cc(NC(=O)[C@H]2N3C(=O)CCCCC3SC2(C)C)n(-c2ccccc2)n1. The van der Waals surface area contributed by atoms with E-state index in [1.54, 1.807) is 16.4 Å². The first-order valence-corrected chi connectivity index (χ1v) is 10.7. The van der Waals surface area contributed by atoms with E-state index in [1.165, 1.54) is 0 Å². The molecule has 2 saturated heterocycles. The number of aromatic nitrogens is 2. The lowest BCUT2D eigenvalue weighted by molar-refractivity contribution is -0.138. The molecule has 1 aromatic carbocycles. The second kappa shape index (κ2) is 7.28. The fourth-order valence-corrected chi connectivity index (χ4v) is 5.88. The molecule has 2 aromatic rings. The number of amides is 2. The minimum atomic E-state index is -0.493. The van der Waals surface area contributed by atoms with Crippen molar-refractivity contribution in [2.45, 2.75) is 62.6 Å². The Morgan fingerprint density at radius 1 is 1.25 bits per heavy atom. The molecular formula is C21H26N4O2S. The third kappa shape index (κ3) is 3.43. The molecule has 0 aliphatic carbocycles. The van der Waals surface area contributed by atoms with Gasteiger partial charge in [-0.25, -0.2) is 4.68 Å². The van der Waals surface area contributed by atoms with Crippen molar-refractivity contribution in [1.29, 1.82) is 0 Å². The molecule has 2 amide bonds. The van der Waals surface area contributed by atoms with Crippen LogP contribution in [0.3, 0.4) is 0 Å². The number of para-hydroxylation sites is 1. The van der Waals surface area contributed by atoms with Gasteiger partial charge in [0.05, 0.1) is 16.8 Å². The van der Waals surface area contributed by atoms with Crippen LogP contribution >= 0.6 is 11.8 Å². The van der Waals surface area contributed by atoms with E-state index in [1.807, 2.05) is 48.2 Å². The summed E-state index contributed by atoms with van der Waals surface area (Å²) in [6.45, 7) is 6.02. The molecule has 0 saturated carbocycles. The highest BCUT2D eigenvalue weighted by Gasteiger charge is 2.53. The van der Waals surface area contributed by atoms with Crippen molar-refractivity contribution < 1.29 is 9.59 Å². The van der Waals surface area contributed by atoms with Gasteiger partial charge in [0, 0.05) is 17.2 Å². The summed E-state index contributed by atoms with van der Waals surface area (Å²) in [5, 5.41) is 7.66. The number of fused-ring (bicyclic) bond motifs is 1. The van der Waals surface area contributed by atoms with Crippen LogP contribution in [0.4, 0.5) is 5.82 Å². The summed E-state index contributed by atoms with van der Waals surface area (Å²) in [6.07, 6.45) is 3.41. The molecule has 28 heavy (non-hydrogen) atoms. The van der Waals surface area contributed by atoms with Gasteiger partial charge in [-0.05, 0) is 45.7 Å². The molecule has 7 heteroatoms. The smallest absolute Gasteiger partial charge is 0.249 e. The number of carbonyl (C=O) groups excluding carboxylic acids is 2. The Kier molecular flexibility index (Phi) is 4.95. The molecule has 2 atom stereocenters. The first-order valence-electron chi connectivity index (χ1n) is 9.79. The lowest BCUT2D eigenvalue weighted by Gasteiger charge is -2.31. The van der Waals surface area contributed by atoms with Crippen molar-refractivity contribution in [1.82, 2.24) is 14.7 Å². The van der Waals surface area contributed by atoms with Gasteiger partial charge in [0.25, 0.3) is 0 Å². The van der Waals surface area contributed by atoms with Crippen LogP contribution in [0.5, 0.6) is 0 Å². The number of hydrogen-bond donors (Lipinski definition) is 1. The molecule has 3 heterocycles. The number of nitrogens with zero attached hydrogens (tertiary/aromatic N) is 3. The van der Waals surface area contributed by atoms with Crippen molar-refractivity contribution in [2.24, 2.45) is 0 Å². The van der Waals surface area contributed by atoms with Crippen molar-refractivity contribution >= 4 is 29.4 Å². The van der Waals surface area contributed by atoms with Crippen molar-refractivity contribution in [2.75, 3.05) is 5.32 Å². The zero-order chi connectivity index (χ0) is 19.9. The first-order chi connectivity index (χ1) is 13.4. The molecule has 2 aliphatic heterocycles. The van der Waals surface area contributed by atoms with E-state index in [-0.39, 0.29) is 21.9 Å². The standard InChI is InChI=1S/C21H26N4O2S/c1-14-13-16(25(23-14)15-9-5-4-6-10-15)22-20(27)19-21(2,3)28-18-12-8-7-11-17(26)24(18)19/h4-6,9-10,13,18-19H,7-8,11-12H2,1-3H3,(H,22,27)/t18?,19-/m1/s1. The van der Waals surface area contributed by atoms with E-state index < -0.39 is 6.04 Å². The highest BCUT2D eigenvalue weighted by molar-refractivity contribution is 8.01. The van der Waals surface area contributed by atoms with Crippen LogP contribution in [-0.2, 0) is 9.59 Å². The molecule has 1 N–H and O–H groups in total. The van der Waals surface area contributed by atoms with Gasteiger partial charge in [-0.2, -0.15) is 5.10 Å². The lowest BCUT2D eigenvalue weighted by Crippen LogP contribution is -2.52. The van der Waals surface area contributed by atoms with E-state index in [2.05, 4.69) is 24.3 Å². The normalized spacial score (nSPS) is 24.0. The summed E-state index contributed by atoms with van der Waals surface area (Å²) in [7, 11) is 0. The average Bonchev–Trinajstić information content (AvgIpc) is 3.09. The summed E-state index contributed by atoms with van der Waals surface area (Å²) in [6, 6.07) is 11.1. The molecule has 4 rings (SSSR count). The van der Waals surface area contributed by atoms with E-state index >= 15 is 0 Å². The average molecular weight is 399 g/mol. The molecule has 6 nitrogen and oxygen atoms in total. The fourth-order valence-electron chi connectivity index (χ4n) is 4.19. The van der Waals surface area contributed by atoms with Gasteiger partial charge in [-0.3, -0.25) is 9.59 Å². The Bertz CT molecular complexity index is 893. The summed E-state index contributed by atoms with van der Waals surface area (Å²) >= 11 is 1.74. The number of hydrogen-bond acceptors (Lipinski definition) is 4. The van der Waals surface area contributed by atoms with E-state index in [9.17, 15) is 9.59 Å². The molecule has 148 valence electrons. The van der Waals surface area contributed by atoms with Crippen molar-refractivity contribution in [3.8, 4) is 5.69 Å². The molecule has 0 spiro atoms. The van der Waals surface area contributed by atoms with Gasteiger partial charge in [-0.1, -0.05) is 24.6 Å². The quantitative estimate of drug-likeness (QED) is 0.855. The number of rotatable bonds is 3. The van der Waals surface area contributed by atoms with Crippen LogP contribution in [0.25, 0.3) is 5.69 Å². The molecule has 0 bridgehead atoms. The van der Waals surface area contributed by atoms with Gasteiger partial charge in [-0.15, -0.1) is 11.8 Å². The monoisotopic (exact) mass is 398 g/mol. The Balaban J connectivity index is 1.64. The number of carbonyl (C=O) groups is 2. The second-order valence-corrected chi connectivity index (χ2v) is 9.86. The minimum Gasteiger partial charge on any atom is -0.317 e. The maximum Gasteiger partial charge on any atom is 0.249 e. The Morgan fingerprint density at radius 2 is 2.00 bits per heavy atom. The number of thioether (sulfide) groups is 1. The zero-order valence-corrected chi connectivity index (χ0v) is 17.3. The van der Waals surface area contributed by atoms with Gasteiger partial charge < -0.3 is 10.2 Å². The molecule has 1 unspecified atom stereocenters. The topological polar surface area (TPSA) is 67.2 Å². The van der Waals surface area contributed by atoms with Gasteiger partial charge >= 0.3 is 0 Å². The van der Waals surface area contributed by atoms with E-state index in [0.29, 0.717) is 12.2 Å². The van der Waals surface area contributed by atoms with E-state index in [0.717, 1.165) is 30.6 Å². The maximum absolute atomic E-state index is 13.4. The number of anilines is 1. The summed E-state index contributed by atoms with van der Waals surface area (Å²) in [5.41, 5.74) is 1.71. The third-order valence-corrected chi connectivity index (χ3v) is 6.96.